The van der Waals surface area contributed by atoms with Crippen molar-refractivity contribution >= 4 is 16.6 Å². The highest BCUT2D eigenvalue weighted by Crippen LogP contribution is 2.56. The minimum absolute atomic E-state index is 0.106. The van der Waals surface area contributed by atoms with E-state index in [0.29, 0.717) is 6.07 Å². The molecule has 0 saturated carbocycles. The van der Waals surface area contributed by atoms with Crippen LogP contribution in [0.15, 0.2) is 24.4 Å². The van der Waals surface area contributed by atoms with Crippen LogP contribution in [-0.4, -0.2) is 32.0 Å². The van der Waals surface area contributed by atoms with Crippen molar-refractivity contribution in [3.63, 3.8) is 0 Å². The Bertz CT molecular complexity index is 1280. The third-order valence-electron chi connectivity index (χ3n) is 6.02. The average molecular weight is 471 g/mol. The van der Waals surface area contributed by atoms with Crippen molar-refractivity contribution in [1.82, 2.24) is 9.97 Å². The summed E-state index contributed by atoms with van der Waals surface area (Å²) in [6.07, 6.45) is -5.00. The van der Waals surface area contributed by atoms with Gasteiger partial charge in [-0.15, -0.1) is 0 Å². The van der Waals surface area contributed by atoms with Gasteiger partial charge in [0.05, 0.1) is 6.04 Å². The largest absolute Gasteiger partial charge is 0.505 e. The van der Waals surface area contributed by atoms with Gasteiger partial charge in [0, 0.05) is 28.9 Å². The van der Waals surface area contributed by atoms with Crippen molar-refractivity contribution in [3.8, 4) is 5.75 Å². The zero-order valence-electron chi connectivity index (χ0n) is 17.7. The maximum Gasteiger partial charge on any atom is 0.419 e. The number of aromatic hydroxyl groups is 1. The molecule has 0 radical (unpaired) electrons. The van der Waals surface area contributed by atoms with Crippen LogP contribution >= 0.6 is 0 Å². The van der Waals surface area contributed by atoms with E-state index < -0.39 is 58.4 Å². The van der Waals surface area contributed by atoms with Crippen molar-refractivity contribution in [3.05, 3.63) is 58.8 Å². The zero-order valence-corrected chi connectivity index (χ0v) is 17.7. The van der Waals surface area contributed by atoms with Crippen LogP contribution in [0.1, 0.15) is 43.3 Å². The lowest BCUT2D eigenvalue weighted by molar-refractivity contribution is -0.276. The van der Waals surface area contributed by atoms with E-state index in [1.165, 1.54) is 20.8 Å². The van der Waals surface area contributed by atoms with Crippen LogP contribution in [0.5, 0.6) is 5.75 Å². The van der Waals surface area contributed by atoms with E-state index >= 15 is 0 Å². The van der Waals surface area contributed by atoms with Crippen LogP contribution in [0.3, 0.4) is 0 Å². The van der Waals surface area contributed by atoms with Crippen LogP contribution < -0.4 is 5.32 Å². The lowest BCUT2D eigenvalue weighted by atomic mass is 9.63. The molecule has 0 aliphatic heterocycles. The number of phenols is 1. The fourth-order valence-corrected chi connectivity index (χ4v) is 4.61. The van der Waals surface area contributed by atoms with E-state index in [4.69, 9.17) is 0 Å². The van der Waals surface area contributed by atoms with Gasteiger partial charge in [0.25, 0.3) is 0 Å². The van der Waals surface area contributed by atoms with Crippen molar-refractivity contribution in [1.29, 1.82) is 0 Å². The molecule has 2 atom stereocenters. The summed E-state index contributed by atoms with van der Waals surface area (Å²) >= 11 is 0. The van der Waals surface area contributed by atoms with Crippen LogP contribution in [-0.2, 0) is 5.41 Å². The molecule has 0 spiro atoms. The van der Waals surface area contributed by atoms with Gasteiger partial charge >= 0.3 is 6.18 Å². The van der Waals surface area contributed by atoms with E-state index in [2.05, 4.69) is 15.3 Å². The van der Waals surface area contributed by atoms with Gasteiger partial charge in [-0.3, -0.25) is 0 Å². The van der Waals surface area contributed by atoms with Gasteiger partial charge in [0.15, 0.2) is 28.8 Å². The van der Waals surface area contributed by atoms with Crippen molar-refractivity contribution < 1.29 is 36.6 Å². The molecule has 3 N–H and O–H groups in total. The normalized spacial score (nSPS) is 22.3. The average Bonchev–Trinajstić information content (AvgIpc) is 2.69. The Morgan fingerprint density at radius 1 is 1.12 bits per heavy atom. The molecule has 2 aromatic carbocycles. The molecule has 33 heavy (non-hydrogen) atoms. The summed E-state index contributed by atoms with van der Waals surface area (Å²) in [5.74, 6) is -4.47. The molecule has 3 aromatic rings. The smallest absolute Gasteiger partial charge is 0.419 e. The number of phenolic OH excluding ortho intramolecular Hbond substituents is 1. The van der Waals surface area contributed by atoms with Gasteiger partial charge in [0.2, 0.25) is 0 Å². The van der Waals surface area contributed by atoms with Gasteiger partial charge in [-0.25, -0.2) is 23.1 Å². The predicted molar refractivity (Wildman–Crippen MR) is 107 cm³/mol. The molecular formula is C22H19F6N3O2. The van der Waals surface area contributed by atoms with Crippen LogP contribution in [0.4, 0.5) is 32.0 Å². The number of aryl methyl sites for hydroxylation is 1. The number of halogens is 6. The summed E-state index contributed by atoms with van der Waals surface area (Å²) in [6.45, 7) is 4.10. The van der Waals surface area contributed by atoms with E-state index in [1.54, 1.807) is 0 Å². The van der Waals surface area contributed by atoms with E-state index in [-0.39, 0.29) is 28.0 Å². The quantitative estimate of drug-likeness (QED) is 0.449. The number of nitrogens with one attached hydrogen (secondary N) is 1. The topological polar surface area (TPSA) is 78.3 Å². The number of alkyl halides is 3. The predicted octanol–water partition coefficient (Wildman–Crippen LogP) is 5.19. The minimum Gasteiger partial charge on any atom is -0.505 e. The number of hydrogen-bond acceptors (Lipinski definition) is 5. The van der Waals surface area contributed by atoms with E-state index in [0.717, 1.165) is 18.3 Å². The fourth-order valence-electron chi connectivity index (χ4n) is 4.61. The summed E-state index contributed by atoms with van der Waals surface area (Å²) in [5, 5.41) is 23.6. The highest BCUT2D eigenvalue weighted by Gasteiger charge is 2.64. The molecule has 1 heterocycles. The number of anilines is 1. The van der Waals surface area contributed by atoms with Crippen LogP contribution in [0, 0.1) is 24.4 Å². The number of hydrogen-bond donors (Lipinski definition) is 3. The van der Waals surface area contributed by atoms with Crippen molar-refractivity contribution in [2.75, 3.05) is 5.32 Å². The van der Waals surface area contributed by atoms with Crippen LogP contribution in [0.2, 0.25) is 0 Å². The van der Waals surface area contributed by atoms with Crippen molar-refractivity contribution in [2.24, 2.45) is 0 Å². The summed E-state index contributed by atoms with van der Waals surface area (Å²) < 4.78 is 85.4. The van der Waals surface area contributed by atoms with Gasteiger partial charge in [-0.1, -0.05) is 19.9 Å². The molecule has 0 bridgehead atoms. The number of nitrogens with zero attached hydrogens (tertiary/aromatic N) is 2. The number of rotatable bonds is 2. The second-order valence-corrected chi connectivity index (χ2v) is 8.82. The maximum atomic E-state index is 14.3. The first-order valence-electron chi connectivity index (χ1n) is 9.86. The summed E-state index contributed by atoms with van der Waals surface area (Å²) in [5.41, 5.74) is -6.04. The molecule has 1 aliphatic rings. The summed E-state index contributed by atoms with van der Waals surface area (Å²) in [4.78, 5) is 7.72. The SMILES string of the molecule is Cc1ncc2c(N[C@H]3c4ccc(F)c(O)c4C(C)(C)C[C@]3(O)C(F)(F)F)cc(F)c(F)c2n1. The zero-order chi connectivity index (χ0) is 24.5. The molecule has 0 amide bonds. The van der Waals surface area contributed by atoms with Gasteiger partial charge in [-0.05, 0) is 30.4 Å². The molecule has 11 heteroatoms. The second kappa shape index (κ2) is 7.21. The van der Waals surface area contributed by atoms with Gasteiger partial charge < -0.3 is 15.5 Å². The Kier molecular flexibility index (Phi) is 5.04. The van der Waals surface area contributed by atoms with E-state index in [9.17, 15) is 36.6 Å². The molecule has 4 rings (SSSR count). The molecule has 1 aromatic heterocycles. The first-order valence-corrected chi connectivity index (χ1v) is 9.86. The highest BCUT2D eigenvalue weighted by molar-refractivity contribution is 5.91. The number of aromatic nitrogens is 2. The fraction of sp³-hybridized carbons (Fsp3) is 0.364. The first kappa shape index (κ1) is 23.1. The third kappa shape index (κ3) is 3.45. The molecule has 0 unspecified atom stereocenters. The Balaban J connectivity index is 1.99. The van der Waals surface area contributed by atoms with Crippen LogP contribution in [0.25, 0.3) is 10.9 Å². The molecule has 0 saturated heterocycles. The minimum atomic E-state index is -5.18. The Hall–Kier alpha value is -3.08. The first-order chi connectivity index (χ1) is 15.2. The Morgan fingerprint density at radius 3 is 2.42 bits per heavy atom. The summed E-state index contributed by atoms with van der Waals surface area (Å²) in [6, 6.07) is 0.427. The third-order valence-corrected chi connectivity index (χ3v) is 6.02. The van der Waals surface area contributed by atoms with Gasteiger partial charge in [-0.2, -0.15) is 13.2 Å². The lowest BCUT2D eigenvalue weighted by Gasteiger charge is -2.49. The molecular weight excluding hydrogens is 452 g/mol. The highest BCUT2D eigenvalue weighted by atomic mass is 19.4. The molecule has 1 aliphatic carbocycles. The second-order valence-electron chi connectivity index (χ2n) is 8.82. The Labute approximate surface area is 184 Å². The maximum absolute atomic E-state index is 14.3. The van der Waals surface area contributed by atoms with E-state index in [1.807, 2.05) is 0 Å². The van der Waals surface area contributed by atoms with Gasteiger partial charge in [0.1, 0.15) is 11.3 Å². The summed E-state index contributed by atoms with van der Waals surface area (Å²) in [7, 11) is 0. The number of fused-ring (bicyclic) bond motifs is 2. The molecule has 0 fully saturated rings. The molecule has 176 valence electrons. The standard InChI is InChI=1S/C22H19F6N3O2/c1-9-29-7-11-14(6-13(24)16(25)17(11)30-9)31-19-10-4-5-12(23)18(32)15(10)20(2,3)8-21(19,33)22(26,27)28/h4-7,19,31-33H,8H2,1-3H3/t19-,21+/m0/s1. The monoisotopic (exact) mass is 471 g/mol. The number of benzene rings is 2. The lowest BCUT2D eigenvalue weighted by Crippen LogP contribution is -2.58. The molecule has 5 nitrogen and oxygen atoms in total. The number of aliphatic hydroxyl groups is 1. The Morgan fingerprint density at radius 2 is 1.79 bits per heavy atom. The van der Waals surface area contributed by atoms with Crippen molar-refractivity contribution in [2.45, 2.75) is 50.4 Å².